The van der Waals surface area contributed by atoms with Crippen molar-refractivity contribution in [3.63, 3.8) is 0 Å². The van der Waals surface area contributed by atoms with E-state index in [0.717, 1.165) is 5.69 Å². The summed E-state index contributed by atoms with van der Waals surface area (Å²) in [6.45, 7) is 0. The minimum Gasteiger partial charge on any atom is -0.382 e. The smallest absolute Gasteiger partial charge is 0.146 e. The fraction of sp³-hybridized carbons (Fsp3) is 0.143. The van der Waals surface area contributed by atoms with Crippen LogP contribution >= 0.6 is 0 Å². The number of rotatable bonds is 1. The average molecular weight is 176 g/mol. The number of nitrogen functional groups attached to an aromatic ring is 1. The van der Waals surface area contributed by atoms with Gasteiger partial charge in [-0.25, -0.2) is 4.68 Å². The third-order valence-corrected chi connectivity index (χ3v) is 1.66. The van der Waals surface area contributed by atoms with Gasteiger partial charge in [0, 0.05) is 7.05 Å². The lowest BCUT2D eigenvalue weighted by Gasteiger charge is -1.97. The molecule has 0 atom stereocenters. The van der Waals surface area contributed by atoms with Crippen LogP contribution in [-0.2, 0) is 7.05 Å². The van der Waals surface area contributed by atoms with Crippen LogP contribution in [0.1, 0.15) is 0 Å². The van der Waals surface area contributed by atoms with E-state index in [1.807, 2.05) is 0 Å². The van der Waals surface area contributed by atoms with Crippen molar-refractivity contribution in [2.24, 2.45) is 7.05 Å². The molecule has 66 valence electrons. The zero-order valence-corrected chi connectivity index (χ0v) is 7.05. The molecule has 0 aliphatic rings. The maximum absolute atomic E-state index is 5.41. The first-order chi connectivity index (χ1) is 6.27. The highest BCUT2D eigenvalue weighted by Crippen LogP contribution is 2.12. The van der Waals surface area contributed by atoms with E-state index in [1.54, 1.807) is 30.1 Å². The van der Waals surface area contributed by atoms with Crippen molar-refractivity contribution >= 4 is 5.82 Å². The number of aromatic nitrogens is 5. The lowest BCUT2D eigenvalue weighted by atomic mass is 10.3. The van der Waals surface area contributed by atoms with Crippen LogP contribution in [0.4, 0.5) is 5.82 Å². The van der Waals surface area contributed by atoms with Gasteiger partial charge in [0.25, 0.3) is 0 Å². The first kappa shape index (κ1) is 7.66. The van der Waals surface area contributed by atoms with E-state index in [4.69, 9.17) is 5.73 Å². The van der Waals surface area contributed by atoms with Crippen LogP contribution in [0, 0.1) is 0 Å². The fourth-order valence-electron chi connectivity index (χ4n) is 1.00. The normalized spacial score (nSPS) is 10.2. The third-order valence-electron chi connectivity index (χ3n) is 1.66. The zero-order valence-electron chi connectivity index (χ0n) is 7.05. The molecule has 0 unspecified atom stereocenters. The van der Waals surface area contributed by atoms with Crippen LogP contribution in [0.5, 0.6) is 0 Å². The van der Waals surface area contributed by atoms with Crippen LogP contribution in [0.2, 0.25) is 0 Å². The topological polar surface area (TPSA) is 82.5 Å². The van der Waals surface area contributed by atoms with Gasteiger partial charge in [-0.3, -0.25) is 0 Å². The van der Waals surface area contributed by atoms with E-state index in [2.05, 4.69) is 20.5 Å². The molecule has 0 aliphatic carbocycles. The highest BCUT2D eigenvalue weighted by Gasteiger charge is 2.04. The molecule has 0 aliphatic heterocycles. The van der Waals surface area contributed by atoms with Crippen LogP contribution in [0.25, 0.3) is 11.4 Å². The molecular formula is C7H8N6. The van der Waals surface area contributed by atoms with Gasteiger partial charge in [0.1, 0.15) is 17.2 Å². The van der Waals surface area contributed by atoms with E-state index in [-0.39, 0.29) is 0 Å². The minimum absolute atomic E-state index is 0.402. The van der Waals surface area contributed by atoms with Crippen molar-refractivity contribution in [1.29, 1.82) is 0 Å². The van der Waals surface area contributed by atoms with E-state index < -0.39 is 0 Å². The molecule has 0 saturated carbocycles. The summed E-state index contributed by atoms with van der Waals surface area (Å²) in [5, 5.41) is 15.2. The average Bonchev–Trinajstić information content (AvgIpc) is 2.53. The summed E-state index contributed by atoms with van der Waals surface area (Å²) in [5.41, 5.74) is 6.93. The summed E-state index contributed by atoms with van der Waals surface area (Å²) >= 11 is 0. The monoisotopic (exact) mass is 176 g/mol. The van der Waals surface area contributed by atoms with Gasteiger partial charge >= 0.3 is 0 Å². The molecular weight excluding hydrogens is 168 g/mol. The molecule has 2 aromatic rings. The maximum atomic E-state index is 5.41. The highest BCUT2D eigenvalue weighted by molar-refractivity contribution is 5.53. The second-order valence-electron chi connectivity index (χ2n) is 2.59. The summed E-state index contributed by atoms with van der Waals surface area (Å²) in [4.78, 5) is 0. The first-order valence-corrected chi connectivity index (χ1v) is 3.71. The second kappa shape index (κ2) is 2.81. The molecule has 0 amide bonds. The van der Waals surface area contributed by atoms with Crippen molar-refractivity contribution in [2.75, 3.05) is 5.73 Å². The molecule has 0 spiro atoms. The highest BCUT2D eigenvalue weighted by atomic mass is 15.4. The molecule has 2 aromatic heterocycles. The Hall–Kier alpha value is -1.98. The Bertz CT molecular complexity index is 403. The number of hydrogen-bond acceptors (Lipinski definition) is 5. The predicted octanol–water partition coefficient (Wildman–Crippen LogP) is -0.146. The Kier molecular flexibility index (Phi) is 1.66. The summed E-state index contributed by atoms with van der Waals surface area (Å²) in [6, 6.07) is 3.47. The summed E-state index contributed by atoms with van der Waals surface area (Å²) < 4.78 is 1.63. The summed E-state index contributed by atoms with van der Waals surface area (Å²) in [5.74, 6) is 0.402. The molecule has 2 rings (SSSR count). The minimum atomic E-state index is 0.402. The van der Waals surface area contributed by atoms with Crippen molar-refractivity contribution in [3.8, 4) is 11.4 Å². The maximum Gasteiger partial charge on any atom is 0.146 e. The van der Waals surface area contributed by atoms with Gasteiger partial charge < -0.3 is 5.73 Å². The molecule has 6 heteroatoms. The lowest BCUT2D eigenvalue weighted by molar-refractivity contribution is 0.718. The van der Waals surface area contributed by atoms with E-state index >= 15 is 0 Å². The lowest BCUT2D eigenvalue weighted by Crippen LogP contribution is -1.98. The molecule has 0 aromatic carbocycles. The first-order valence-electron chi connectivity index (χ1n) is 3.71. The van der Waals surface area contributed by atoms with Gasteiger partial charge in [-0.05, 0) is 12.1 Å². The Morgan fingerprint density at radius 1 is 1.31 bits per heavy atom. The van der Waals surface area contributed by atoms with Crippen LogP contribution in [0.15, 0.2) is 18.3 Å². The van der Waals surface area contributed by atoms with Crippen LogP contribution < -0.4 is 5.73 Å². The van der Waals surface area contributed by atoms with Gasteiger partial charge in [0.05, 0.1) is 6.20 Å². The summed E-state index contributed by atoms with van der Waals surface area (Å²) in [6.07, 6.45) is 1.63. The Morgan fingerprint density at radius 3 is 2.69 bits per heavy atom. The number of aryl methyl sites for hydroxylation is 1. The molecule has 13 heavy (non-hydrogen) atoms. The van der Waals surface area contributed by atoms with Crippen molar-refractivity contribution in [2.45, 2.75) is 0 Å². The quantitative estimate of drug-likeness (QED) is 0.653. The van der Waals surface area contributed by atoms with Crippen molar-refractivity contribution < 1.29 is 0 Å². The van der Waals surface area contributed by atoms with Gasteiger partial charge in [-0.2, -0.15) is 0 Å². The number of nitrogens with two attached hydrogens (primary N) is 1. The van der Waals surface area contributed by atoms with Crippen LogP contribution in [0.3, 0.4) is 0 Å². The van der Waals surface area contributed by atoms with Crippen molar-refractivity contribution in [1.82, 2.24) is 25.2 Å². The molecule has 2 heterocycles. The van der Waals surface area contributed by atoms with E-state index in [0.29, 0.717) is 11.5 Å². The van der Waals surface area contributed by atoms with Crippen LogP contribution in [-0.4, -0.2) is 25.2 Å². The third kappa shape index (κ3) is 1.33. The van der Waals surface area contributed by atoms with Gasteiger partial charge in [0.15, 0.2) is 0 Å². The number of anilines is 1. The fourth-order valence-corrected chi connectivity index (χ4v) is 1.00. The number of nitrogens with zero attached hydrogens (tertiary/aromatic N) is 5. The van der Waals surface area contributed by atoms with Gasteiger partial charge in [0.2, 0.25) is 0 Å². The van der Waals surface area contributed by atoms with E-state index in [9.17, 15) is 0 Å². The molecule has 2 N–H and O–H groups in total. The summed E-state index contributed by atoms with van der Waals surface area (Å²) in [7, 11) is 1.79. The Labute approximate surface area is 74.4 Å². The molecule has 6 nitrogen and oxygen atoms in total. The predicted molar refractivity (Wildman–Crippen MR) is 46.4 cm³/mol. The second-order valence-corrected chi connectivity index (χ2v) is 2.59. The van der Waals surface area contributed by atoms with Gasteiger partial charge in [-0.1, -0.05) is 5.21 Å². The largest absolute Gasteiger partial charge is 0.382 e. The Morgan fingerprint density at radius 2 is 2.15 bits per heavy atom. The zero-order chi connectivity index (χ0) is 9.26. The Balaban J connectivity index is 2.47. The molecule has 0 radical (unpaired) electrons. The molecule has 0 fully saturated rings. The standard InChI is InChI=1S/C7H8N6/c1-13-6(4-9-12-13)5-2-3-7(8)11-10-5/h2-4H,1H3,(H2,8,11). The SMILES string of the molecule is Cn1nncc1-c1ccc(N)nn1. The molecule has 0 saturated heterocycles. The van der Waals surface area contributed by atoms with Crippen molar-refractivity contribution in [3.05, 3.63) is 18.3 Å². The van der Waals surface area contributed by atoms with Gasteiger partial charge in [-0.15, -0.1) is 15.3 Å². The molecule has 0 bridgehead atoms. The number of hydrogen-bond donors (Lipinski definition) is 1. The van der Waals surface area contributed by atoms with E-state index in [1.165, 1.54) is 0 Å².